The van der Waals surface area contributed by atoms with Crippen LogP contribution in [0.15, 0.2) is 23.1 Å². The third kappa shape index (κ3) is 2.76. The maximum atomic E-state index is 12.3. The van der Waals surface area contributed by atoms with Gasteiger partial charge in [-0.3, -0.25) is 4.79 Å². The minimum absolute atomic E-state index is 0.0823. The Hall–Kier alpha value is -1.78. The highest BCUT2D eigenvalue weighted by Crippen LogP contribution is 2.43. The SMILES string of the molecule is CC(C)n1cccc(NC(=O)N2CC3(CCCCC3)C2)c1=O. The van der Waals surface area contributed by atoms with Gasteiger partial charge in [0.1, 0.15) is 5.69 Å². The van der Waals surface area contributed by atoms with E-state index in [2.05, 4.69) is 5.32 Å². The molecule has 1 saturated carbocycles. The molecule has 5 heteroatoms. The average Bonchev–Trinajstić information content (AvgIpc) is 2.47. The third-order valence-electron chi connectivity index (χ3n) is 5.03. The quantitative estimate of drug-likeness (QED) is 0.912. The van der Waals surface area contributed by atoms with E-state index in [-0.39, 0.29) is 17.6 Å². The molecule has 0 bridgehead atoms. The molecule has 120 valence electrons. The Morgan fingerprint density at radius 2 is 1.91 bits per heavy atom. The number of amides is 2. The molecule has 2 heterocycles. The number of hydrogen-bond donors (Lipinski definition) is 1. The van der Waals surface area contributed by atoms with Crippen LogP contribution in [0.3, 0.4) is 0 Å². The van der Waals surface area contributed by atoms with E-state index in [1.165, 1.54) is 32.1 Å². The van der Waals surface area contributed by atoms with Crippen LogP contribution >= 0.6 is 0 Å². The number of hydrogen-bond acceptors (Lipinski definition) is 2. The number of rotatable bonds is 2. The van der Waals surface area contributed by atoms with Crippen molar-refractivity contribution >= 4 is 11.7 Å². The van der Waals surface area contributed by atoms with Crippen LogP contribution in [-0.2, 0) is 0 Å². The lowest BCUT2D eigenvalue weighted by atomic mass is 9.69. The predicted molar refractivity (Wildman–Crippen MR) is 87.2 cm³/mol. The summed E-state index contributed by atoms with van der Waals surface area (Å²) < 4.78 is 1.63. The van der Waals surface area contributed by atoms with Crippen molar-refractivity contribution in [2.45, 2.75) is 52.0 Å². The van der Waals surface area contributed by atoms with Gasteiger partial charge in [0.25, 0.3) is 5.56 Å². The molecule has 0 atom stereocenters. The summed E-state index contributed by atoms with van der Waals surface area (Å²) in [4.78, 5) is 26.5. The molecule has 0 unspecified atom stereocenters. The van der Waals surface area contributed by atoms with Crippen molar-refractivity contribution in [1.29, 1.82) is 0 Å². The second kappa shape index (κ2) is 5.78. The smallest absolute Gasteiger partial charge is 0.322 e. The lowest BCUT2D eigenvalue weighted by molar-refractivity contribution is 0.00514. The molecule has 5 nitrogen and oxygen atoms in total. The summed E-state index contributed by atoms with van der Waals surface area (Å²) in [6.45, 7) is 5.58. The van der Waals surface area contributed by atoms with Crippen LogP contribution in [-0.4, -0.2) is 28.6 Å². The maximum Gasteiger partial charge on any atom is 0.322 e. The van der Waals surface area contributed by atoms with Gasteiger partial charge in [0.15, 0.2) is 0 Å². The molecular weight excluding hydrogens is 278 g/mol. The van der Waals surface area contributed by atoms with E-state index in [1.807, 2.05) is 18.7 Å². The van der Waals surface area contributed by atoms with E-state index < -0.39 is 0 Å². The number of aromatic nitrogens is 1. The number of urea groups is 1. The van der Waals surface area contributed by atoms with E-state index >= 15 is 0 Å². The molecule has 1 aromatic heterocycles. The van der Waals surface area contributed by atoms with Crippen LogP contribution < -0.4 is 10.9 Å². The highest BCUT2D eigenvalue weighted by Gasteiger charge is 2.45. The first-order chi connectivity index (χ1) is 10.5. The van der Waals surface area contributed by atoms with Crippen molar-refractivity contribution in [1.82, 2.24) is 9.47 Å². The second-order valence-corrected chi connectivity index (χ2v) is 7.07. The van der Waals surface area contributed by atoms with Crippen molar-refractivity contribution in [3.05, 3.63) is 28.7 Å². The fraction of sp³-hybridized carbons (Fsp3) is 0.647. The summed E-state index contributed by atoms with van der Waals surface area (Å²) in [6, 6.07) is 3.42. The van der Waals surface area contributed by atoms with Crippen LogP contribution in [0.1, 0.15) is 52.0 Å². The first-order valence-corrected chi connectivity index (χ1v) is 8.28. The van der Waals surface area contributed by atoms with Crippen LogP contribution in [0.25, 0.3) is 0 Å². The Balaban J connectivity index is 1.64. The monoisotopic (exact) mass is 303 g/mol. The Kier molecular flexibility index (Phi) is 3.98. The maximum absolute atomic E-state index is 12.3. The number of nitrogens with zero attached hydrogens (tertiary/aromatic N) is 2. The first-order valence-electron chi connectivity index (χ1n) is 8.28. The Morgan fingerprint density at radius 3 is 2.55 bits per heavy atom. The van der Waals surface area contributed by atoms with Gasteiger partial charge in [-0.25, -0.2) is 4.79 Å². The number of nitrogens with one attached hydrogen (secondary N) is 1. The lowest BCUT2D eigenvalue weighted by Crippen LogP contribution is -2.60. The minimum atomic E-state index is -0.144. The molecule has 1 N–H and O–H groups in total. The first kappa shape index (κ1) is 15.1. The van der Waals surface area contributed by atoms with E-state index in [1.54, 1.807) is 22.9 Å². The molecule has 2 amide bonds. The van der Waals surface area contributed by atoms with Crippen molar-refractivity contribution in [2.75, 3.05) is 18.4 Å². The zero-order valence-corrected chi connectivity index (χ0v) is 13.5. The second-order valence-electron chi connectivity index (χ2n) is 7.07. The fourth-order valence-electron chi connectivity index (χ4n) is 3.73. The predicted octanol–water partition coefficient (Wildman–Crippen LogP) is 3.23. The summed E-state index contributed by atoms with van der Waals surface area (Å²) in [5.41, 5.74) is 0.592. The molecule has 0 radical (unpaired) electrons. The normalized spacial score (nSPS) is 20.0. The number of pyridine rings is 1. The molecule has 1 aliphatic heterocycles. The van der Waals surface area contributed by atoms with E-state index in [0.717, 1.165) is 13.1 Å². The van der Waals surface area contributed by atoms with Gasteiger partial charge in [0.2, 0.25) is 0 Å². The molecule has 2 aliphatic rings. The molecule has 1 saturated heterocycles. The molecule has 1 aromatic rings. The van der Waals surface area contributed by atoms with Gasteiger partial charge in [0, 0.05) is 30.7 Å². The van der Waals surface area contributed by atoms with Gasteiger partial charge in [-0.2, -0.15) is 0 Å². The topological polar surface area (TPSA) is 54.3 Å². The Morgan fingerprint density at radius 1 is 1.23 bits per heavy atom. The third-order valence-corrected chi connectivity index (χ3v) is 5.03. The van der Waals surface area contributed by atoms with Crippen molar-refractivity contribution in [3.8, 4) is 0 Å². The lowest BCUT2D eigenvalue weighted by Gasteiger charge is -2.52. The van der Waals surface area contributed by atoms with Gasteiger partial charge >= 0.3 is 6.03 Å². The fourth-order valence-corrected chi connectivity index (χ4v) is 3.73. The summed E-state index contributed by atoms with van der Waals surface area (Å²) in [5, 5.41) is 2.78. The Labute approximate surface area is 131 Å². The van der Waals surface area contributed by atoms with Crippen molar-refractivity contribution in [3.63, 3.8) is 0 Å². The average molecular weight is 303 g/mol. The van der Waals surface area contributed by atoms with Gasteiger partial charge < -0.3 is 14.8 Å². The van der Waals surface area contributed by atoms with Gasteiger partial charge in [-0.1, -0.05) is 19.3 Å². The summed E-state index contributed by atoms with van der Waals surface area (Å²) in [7, 11) is 0. The summed E-state index contributed by atoms with van der Waals surface area (Å²) in [5.74, 6) is 0. The molecular formula is C17H25N3O2. The molecule has 3 rings (SSSR count). The summed E-state index contributed by atoms with van der Waals surface area (Å²) >= 11 is 0. The molecule has 1 aliphatic carbocycles. The molecule has 1 spiro atoms. The number of carbonyl (C=O) groups excluding carboxylic acids is 1. The molecule has 2 fully saturated rings. The van der Waals surface area contributed by atoms with Gasteiger partial charge in [0.05, 0.1) is 0 Å². The van der Waals surface area contributed by atoms with Crippen molar-refractivity contribution in [2.24, 2.45) is 5.41 Å². The standard InChI is InChI=1S/C17H25N3O2/c1-13(2)20-10-6-7-14(15(20)21)18-16(22)19-11-17(12-19)8-4-3-5-9-17/h6-7,10,13H,3-5,8-9,11-12H2,1-2H3,(H,18,22). The Bertz CT molecular complexity index is 607. The zero-order valence-electron chi connectivity index (χ0n) is 13.5. The van der Waals surface area contributed by atoms with E-state index in [0.29, 0.717) is 11.1 Å². The number of likely N-dealkylation sites (tertiary alicyclic amines) is 1. The summed E-state index contributed by atoms with van der Waals surface area (Å²) in [6.07, 6.45) is 8.13. The van der Waals surface area contributed by atoms with Crippen LogP contribution in [0, 0.1) is 5.41 Å². The minimum Gasteiger partial charge on any atom is -0.323 e. The van der Waals surface area contributed by atoms with Crippen LogP contribution in [0.4, 0.5) is 10.5 Å². The number of anilines is 1. The number of carbonyl (C=O) groups is 1. The molecule has 22 heavy (non-hydrogen) atoms. The van der Waals surface area contributed by atoms with Crippen molar-refractivity contribution < 1.29 is 4.79 Å². The van der Waals surface area contributed by atoms with E-state index in [4.69, 9.17) is 0 Å². The zero-order chi connectivity index (χ0) is 15.7. The van der Waals surface area contributed by atoms with Crippen LogP contribution in [0.5, 0.6) is 0 Å². The van der Waals surface area contributed by atoms with Gasteiger partial charge in [-0.05, 0) is 38.8 Å². The van der Waals surface area contributed by atoms with Gasteiger partial charge in [-0.15, -0.1) is 0 Å². The highest BCUT2D eigenvalue weighted by molar-refractivity contribution is 5.89. The van der Waals surface area contributed by atoms with Crippen LogP contribution in [0.2, 0.25) is 0 Å². The van der Waals surface area contributed by atoms with E-state index in [9.17, 15) is 9.59 Å². The highest BCUT2D eigenvalue weighted by atomic mass is 16.2. The largest absolute Gasteiger partial charge is 0.323 e. The molecule has 0 aromatic carbocycles.